The van der Waals surface area contributed by atoms with Crippen molar-refractivity contribution in [3.8, 4) is 5.69 Å². The van der Waals surface area contributed by atoms with Crippen molar-refractivity contribution in [3.05, 3.63) is 54.0 Å². The van der Waals surface area contributed by atoms with Gasteiger partial charge in [0.25, 0.3) is 5.91 Å². The molecule has 1 atom stereocenters. The molecular weight excluding hydrogens is 362 g/mol. The number of carbonyl (C=O) groups is 2. The van der Waals surface area contributed by atoms with Crippen molar-refractivity contribution in [2.24, 2.45) is 0 Å². The molecular formula is C18H19N7O3. The number of nitrogens with two attached hydrogens (primary N) is 1. The Hall–Kier alpha value is -3.69. The van der Waals surface area contributed by atoms with Crippen LogP contribution in [0.3, 0.4) is 0 Å². The third-order valence-electron chi connectivity index (χ3n) is 4.66. The van der Waals surface area contributed by atoms with E-state index in [2.05, 4.69) is 20.8 Å². The van der Waals surface area contributed by atoms with Gasteiger partial charge < -0.3 is 20.4 Å². The molecule has 0 saturated carbocycles. The van der Waals surface area contributed by atoms with E-state index in [1.54, 1.807) is 47.6 Å². The summed E-state index contributed by atoms with van der Waals surface area (Å²) in [6, 6.07) is 9.87. The van der Waals surface area contributed by atoms with E-state index < -0.39 is 6.04 Å². The van der Waals surface area contributed by atoms with Crippen LogP contribution in [0, 0.1) is 0 Å². The topological polar surface area (TPSA) is 132 Å². The number of nitrogen functional groups attached to an aromatic ring is 1. The van der Waals surface area contributed by atoms with E-state index in [0.717, 1.165) is 6.42 Å². The standard InChI is InChI=1S/C18H19N7O3/c19-18-21-22-23-25(18)13-5-1-4-12(10-13)17(27)24-8-2-7-15(24)16(26)20-11-14-6-3-9-28-14/h1,3-6,9-10,15H,2,7-8,11H2,(H,20,26)(H2,19,21,23). The zero-order valence-electron chi connectivity index (χ0n) is 15.0. The average Bonchev–Trinajstić information content (AvgIpc) is 3.47. The van der Waals surface area contributed by atoms with Gasteiger partial charge in [-0.1, -0.05) is 11.2 Å². The van der Waals surface area contributed by atoms with E-state index in [9.17, 15) is 9.59 Å². The number of benzene rings is 1. The molecule has 1 aliphatic rings. The van der Waals surface area contributed by atoms with E-state index in [0.29, 0.717) is 36.5 Å². The van der Waals surface area contributed by atoms with Gasteiger partial charge >= 0.3 is 0 Å². The smallest absolute Gasteiger partial charge is 0.254 e. The van der Waals surface area contributed by atoms with Crippen LogP contribution < -0.4 is 11.1 Å². The summed E-state index contributed by atoms with van der Waals surface area (Å²) in [5.41, 5.74) is 6.75. The highest BCUT2D eigenvalue weighted by molar-refractivity contribution is 5.98. The molecule has 144 valence electrons. The molecule has 10 nitrogen and oxygen atoms in total. The number of tetrazole rings is 1. The van der Waals surface area contributed by atoms with Crippen LogP contribution in [-0.2, 0) is 11.3 Å². The summed E-state index contributed by atoms with van der Waals surface area (Å²) in [5, 5.41) is 13.8. The summed E-state index contributed by atoms with van der Waals surface area (Å²) >= 11 is 0. The van der Waals surface area contributed by atoms with Gasteiger partial charge in [-0.3, -0.25) is 9.59 Å². The predicted octanol–water partition coefficient (Wildman–Crippen LogP) is 0.758. The lowest BCUT2D eigenvalue weighted by molar-refractivity contribution is -0.125. The highest BCUT2D eigenvalue weighted by Crippen LogP contribution is 2.22. The van der Waals surface area contributed by atoms with Crippen LogP contribution in [0.5, 0.6) is 0 Å². The average molecular weight is 381 g/mol. The molecule has 28 heavy (non-hydrogen) atoms. The van der Waals surface area contributed by atoms with Crippen LogP contribution in [0.4, 0.5) is 5.95 Å². The molecule has 0 bridgehead atoms. The van der Waals surface area contributed by atoms with E-state index in [4.69, 9.17) is 10.2 Å². The van der Waals surface area contributed by atoms with Gasteiger partial charge in [0, 0.05) is 12.1 Å². The summed E-state index contributed by atoms with van der Waals surface area (Å²) in [5.74, 6) is 0.379. The summed E-state index contributed by atoms with van der Waals surface area (Å²) in [6.45, 7) is 0.813. The molecule has 1 aromatic carbocycles. The number of furan rings is 1. The number of aromatic nitrogens is 4. The number of nitrogens with one attached hydrogen (secondary N) is 1. The quantitative estimate of drug-likeness (QED) is 0.667. The third kappa shape index (κ3) is 3.43. The van der Waals surface area contributed by atoms with Crippen LogP contribution in [0.15, 0.2) is 47.1 Å². The molecule has 1 saturated heterocycles. The van der Waals surface area contributed by atoms with Gasteiger partial charge in [-0.2, -0.15) is 4.68 Å². The lowest BCUT2D eigenvalue weighted by Crippen LogP contribution is -2.45. The van der Waals surface area contributed by atoms with Gasteiger partial charge in [-0.15, -0.1) is 0 Å². The number of anilines is 1. The minimum absolute atomic E-state index is 0.126. The maximum atomic E-state index is 13.0. The number of rotatable bonds is 5. The summed E-state index contributed by atoms with van der Waals surface area (Å²) in [7, 11) is 0. The molecule has 0 radical (unpaired) electrons. The lowest BCUT2D eigenvalue weighted by Gasteiger charge is -2.24. The Kier molecular flexibility index (Phi) is 4.75. The van der Waals surface area contributed by atoms with Gasteiger partial charge in [-0.25, -0.2) is 0 Å². The first-order valence-corrected chi connectivity index (χ1v) is 8.89. The van der Waals surface area contributed by atoms with Crippen molar-refractivity contribution in [1.82, 2.24) is 30.4 Å². The fraction of sp³-hybridized carbons (Fsp3) is 0.278. The van der Waals surface area contributed by atoms with E-state index >= 15 is 0 Å². The zero-order chi connectivity index (χ0) is 19.5. The van der Waals surface area contributed by atoms with Crippen molar-refractivity contribution >= 4 is 17.8 Å². The fourth-order valence-corrected chi connectivity index (χ4v) is 3.30. The van der Waals surface area contributed by atoms with Gasteiger partial charge in [0.15, 0.2) is 0 Å². The van der Waals surface area contributed by atoms with Crippen molar-refractivity contribution in [3.63, 3.8) is 0 Å². The Bertz CT molecular complexity index is 983. The Balaban J connectivity index is 1.49. The van der Waals surface area contributed by atoms with Gasteiger partial charge in [0.2, 0.25) is 11.9 Å². The van der Waals surface area contributed by atoms with Crippen LogP contribution in [0.1, 0.15) is 29.0 Å². The normalized spacial score (nSPS) is 16.3. The second-order valence-electron chi connectivity index (χ2n) is 6.45. The first-order chi connectivity index (χ1) is 13.6. The third-order valence-corrected chi connectivity index (χ3v) is 4.66. The molecule has 1 unspecified atom stereocenters. The number of hydrogen-bond acceptors (Lipinski definition) is 7. The summed E-state index contributed by atoms with van der Waals surface area (Å²) in [6.07, 6.45) is 2.94. The highest BCUT2D eigenvalue weighted by Gasteiger charge is 2.34. The van der Waals surface area contributed by atoms with Crippen molar-refractivity contribution < 1.29 is 14.0 Å². The van der Waals surface area contributed by atoms with Gasteiger partial charge in [0.1, 0.15) is 11.8 Å². The molecule has 1 aliphatic heterocycles. The molecule has 1 fully saturated rings. The van der Waals surface area contributed by atoms with Crippen molar-refractivity contribution in [2.75, 3.05) is 12.3 Å². The molecule has 3 N–H and O–H groups in total. The van der Waals surface area contributed by atoms with Crippen molar-refractivity contribution in [1.29, 1.82) is 0 Å². The van der Waals surface area contributed by atoms with Gasteiger partial charge in [-0.05, 0) is 53.6 Å². The van der Waals surface area contributed by atoms with Gasteiger partial charge in [0.05, 0.1) is 18.5 Å². The van der Waals surface area contributed by atoms with Crippen molar-refractivity contribution in [2.45, 2.75) is 25.4 Å². The minimum atomic E-state index is -0.510. The maximum absolute atomic E-state index is 13.0. The van der Waals surface area contributed by atoms with E-state index in [1.165, 1.54) is 4.68 Å². The van der Waals surface area contributed by atoms with E-state index in [-0.39, 0.29) is 17.8 Å². The molecule has 10 heteroatoms. The molecule has 4 rings (SSSR count). The predicted molar refractivity (Wildman–Crippen MR) is 98.2 cm³/mol. The Morgan fingerprint density at radius 2 is 2.18 bits per heavy atom. The molecule has 3 aromatic rings. The largest absolute Gasteiger partial charge is 0.467 e. The molecule has 2 amide bonds. The zero-order valence-corrected chi connectivity index (χ0v) is 15.0. The maximum Gasteiger partial charge on any atom is 0.254 e. The molecule has 0 spiro atoms. The minimum Gasteiger partial charge on any atom is -0.467 e. The van der Waals surface area contributed by atoms with Crippen LogP contribution >= 0.6 is 0 Å². The summed E-state index contributed by atoms with van der Waals surface area (Å²) < 4.78 is 6.57. The number of likely N-dealkylation sites (tertiary alicyclic amines) is 1. The Morgan fingerprint density at radius 1 is 1.29 bits per heavy atom. The number of carbonyl (C=O) groups excluding carboxylic acids is 2. The number of nitrogens with zero attached hydrogens (tertiary/aromatic N) is 5. The number of amides is 2. The molecule has 0 aliphatic carbocycles. The van der Waals surface area contributed by atoms with E-state index in [1.807, 2.05) is 0 Å². The monoisotopic (exact) mass is 381 g/mol. The Morgan fingerprint density at radius 3 is 2.93 bits per heavy atom. The van der Waals surface area contributed by atoms with Crippen LogP contribution in [0.2, 0.25) is 0 Å². The second kappa shape index (κ2) is 7.51. The lowest BCUT2D eigenvalue weighted by atomic mass is 10.1. The number of hydrogen-bond donors (Lipinski definition) is 2. The second-order valence-corrected chi connectivity index (χ2v) is 6.45. The SMILES string of the molecule is Nc1nnnn1-c1cccc(C(=O)N2CCCC2C(=O)NCc2ccco2)c1. The molecule has 3 heterocycles. The van der Waals surface area contributed by atoms with Crippen LogP contribution in [0.25, 0.3) is 5.69 Å². The van der Waals surface area contributed by atoms with Crippen LogP contribution in [-0.4, -0.2) is 49.5 Å². The Labute approximate surface area is 160 Å². The summed E-state index contributed by atoms with van der Waals surface area (Å²) in [4.78, 5) is 27.2. The first kappa shape index (κ1) is 17.7. The highest BCUT2D eigenvalue weighted by atomic mass is 16.3. The molecule has 2 aromatic heterocycles. The fourth-order valence-electron chi connectivity index (χ4n) is 3.30. The first-order valence-electron chi connectivity index (χ1n) is 8.89.